The molecule has 0 atom stereocenters. The summed E-state index contributed by atoms with van der Waals surface area (Å²) < 4.78 is 20.0. The maximum atomic E-state index is 13.2. The predicted molar refractivity (Wildman–Crippen MR) is 99.0 cm³/mol. The number of amides is 2. The number of aryl methyl sites for hydroxylation is 2. The van der Waals surface area contributed by atoms with Gasteiger partial charge in [0.1, 0.15) is 11.6 Å². The molecule has 0 unspecified atom stereocenters. The molecule has 8 heteroatoms. The van der Waals surface area contributed by atoms with Gasteiger partial charge in [-0.25, -0.2) is 9.18 Å². The number of nitrogens with one attached hydrogen (secondary N) is 2. The van der Waals surface area contributed by atoms with E-state index in [0.717, 1.165) is 35.4 Å². The summed E-state index contributed by atoms with van der Waals surface area (Å²) in [6.07, 6.45) is 4.85. The van der Waals surface area contributed by atoms with Gasteiger partial charge in [0, 0.05) is 18.3 Å². The molecule has 142 valence electrons. The predicted octanol–water partition coefficient (Wildman–Crippen LogP) is 3.43. The Kier molecular flexibility index (Phi) is 5.85. The van der Waals surface area contributed by atoms with Crippen LogP contribution in [0.3, 0.4) is 0 Å². The van der Waals surface area contributed by atoms with Crippen molar-refractivity contribution in [3.8, 4) is 0 Å². The molecule has 0 bridgehead atoms. The second kappa shape index (κ2) is 8.48. The minimum Gasteiger partial charge on any atom is -0.361 e. The highest BCUT2D eigenvalue weighted by Gasteiger charge is 2.09. The van der Waals surface area contributed by atoms with Crippen LogP contribution in [0.25, 0.3) is 0 Å². The Hall–Kier alpha value is -3.16. The second-order valence-corrected chi connectivity index (χ2v) is 6.34. The van der Waals surface area contributed by atoms with Crippen LogP contribution in [0.4, 0.5) is 14.9 Å². The van der Waals surface area contributed by atoms with Gasteiger partial charge in [-0.15, -0.1) is 0 Å². The van der Waals surface area contributed by atoms with Crippen LogP contribution in [-0.4, -0.2) is 27.5 Å². The number of halogens is 1. The van der Waals surface area contributed by atoms with Crippen molar-refractivity contribution in [1.29, 1.82) is 0 Å². The molecule has 2 aromatic heterocycles. The normalized spacial score (nSPS) is 10.8. The van der Waals surface area contributed by atoms with Crippen molar-refractivity contribution in [3.05, 3.63) is 65.1 Å². The molecular weight excluding hydrogens is 349 g/mol. The fourth-order valence-electron chi connectivity index (χ4n) is 2.84. The summed E-state index contributed by atoms with van der Waals surface area (Å²) in [6.45, 7) is 4.76. The van der Waals surface area contributed by atoms with Gasteiger partial charge < -0.3 is 15.2 Å². The molecule has 0 saturated carbocycles. The van der Waals surface area contributed by atoms with Crippen molar-refractivity contribution < 1.29 is 13.7 Å². The molecule has 0 spiro atoms. The smallest absolute Gasteiger partial charge is 0.319 e. The van der Waals surface area contributed by atoms with Gasteiger partial charge in [0.2, 0.25) is 0 Å². The van der Waals surface area contributed by atoms with Crippen molar-refractivity contribution in [2.75, 3.05) is 11.9 Å². The van der Waals surface area contributed by atoms with Crippen LogP contribution in [0, 0.1) is 19.7 Å². The Balaban J connectivity index is 1.42. The summed E-state index contributed by atoms with van der Waals surface area (Å²) in [5.74, 6) is 0.539. The van der Waals surface area contributed by atoms with E-state index in [1.54, 1.807) is 23.1 Å². The number of aromatic nitrogens is 3. The molecule has 0 aliphatic heterocycles. The Morgan fingerprint density at radius 3 is 2.93 bits per heavy atom. The van der Waals surface area contributed by atoms with E-state index in [2.05, 4.69) is 20.9 Å². The molecule has 27 heavy (non-hydrogen) atoms. The summed E-state index contributed by atoms with van der Waals surface area (Å²) in [4.78, 5) is 12.0. The lowest BCUT2D eigenvalue weighted by molar-refractivity contribution is 0.252. The van der Waals surface area contributed by atoms with Crippen LogP contribution < -0.4 is 10.6 Å². The minimum atomic E-state index is -0.293. The van der Waals surface area contributed by atoms with Crippen LogP contribution in [0.2, 0.25) is 0 Å². The lowest BCUT2D eigenvalue weighted by Crippen LogP contribution is -2.29. The van der Waals surface area contributed by atoms with E-state index < -0.39 is 0 Å². The van der Waals surface area contributed by atoms with Crippen LogP contribution in [0.1, 0.15) is 29.0 Å². The Bertz CT molecular complexity index is 899. The van der Waals surface area contributed by atoms with Gasteiger partial charge in [0.15, 0.2) is 0 Å². The number of rotatable bonds is 7. The van der Waals surface area contributed by atoms with Gasteiger partial charge in [0.05, 0.1) is 24.1 Å². The minimum absolute atomic E-state index is 0.283. The molecule has 0 fully saturated rings. The molecular formula is C19H22FN5O2. The van der Waals surface area contributed by atoms with E-state index in [9.17, 15) is 9.18 Å². The second-order valence-electron chi connectivity index (χ2n) is 6.34. The largest absolute Gasteiger partial charge is 0.361 e. The standard InChI is InChI=1S/C19H22FN5O2/c1-13-18(14(2)27-24-13)7-4-8-21-19(26)23-17-10-22-25(12-17)11-15-5-3-6-16(20)9-15/h3,5-6,9-10,12H,4,7-8,11H2,1-2H3,(H2,21,23,26). The molecule has 2 N–H and O–H groups in total. The number of carbonyl (C=O) groups is 1. The SMILES string of the molecule is Cc1noc(C)c1CCCNC(=O)Nc1cnn(Cc2cccc(F)c2)c1. The van der Waals surface area contributed by atoms with Gasteiger partial charge in [0.25, 0.3) is 0 Å². The number of hydrogen-bond acceptors (Lipinski definition) is 4. The summed E-state index contributed by atoms with van der Waals surface area (Å²) in [5, 5.41) is 13.6. The molecule has 2 heterocycles. The summed E-state index contributed by atoms with van der Waals surface area (Å²) >= 11 is 0. The van der Waals surface area contributed by atoms with Crippen LogP contribution >= 0.6 is 0 Å². The summed E-state index contributed by atoms with van der Waals surface area (Å²) in [6, 6.07) is 6.04. The fraction of sp³-hybridized carbons (Fsp3) is 0.316. The highest BCUT2D eigenvalue weighted by Crippen LogP contribution is 2.14. The number of carbonyl (C=O) groups excluding carboxylic acids is 1. The molecule has 0 saturated heterocycles. The van der Waals surface area contributed by atoms with E-state index in [0.29, 0.717) is 18.8 Å². The third-order valence-corrected chi connectivity index (χ3v) is 4.20. The van der Waals surface area contributed by atoms with Crippen molar-refractivity contribution >= 4 is 11.7 Å². The lowest BCUT2D eigenvalue weighted by atomic mass is 10.1. The van der Waals surface area contributed by atoms with Crippen LogP contribution in [0.5, 0.6) is 0 Å². The summed E-state index contributed by atoms with van der Waals surface area (Å²) in [7, 11) is 0. The number of urea groups is 1. The Labute approximate surface area is 156 Å². The number of hydrogen-bond donors (Lipinski definition) is 2. The summed E-state index contributed by atoms with van der Waals surface area (Å²) in [5.41, 5.74) is 3.36. The van der Waals surface area contributed by atoms with Crippen molar-refractivity contribution in [1.82, 2.24) is 20.3 Å². The molecule has 2 amide bonds. The van der Waals surface area contributed by atoms with E-state index in [1.807, 2.05) is 19.9 Å². The Morgan fingerprint density at radius 2 is 2.19 bits per heavy atom. The van der Waals surface area contributed by atoms with E-state index in [4.69, 9.17) is 4.52 Å². The van der Waals surface area contributed by atoms with Crippen molar-refractivity contribution in [2.24, 2.45) is 0 Å². The molecule has 7 nitrogen and oxygen atoms in total. The zero-order chi connectivity index (χ0) is 19.2. The van der Waals surface area contributed by atoms with Crippen LogP contribution in [-0.2, 0) is 13.0 Å². The molecule has 0 aliphatic rings. The van der Waals surface area contributed by atoms with Gasteiger partial charge in [-0.3, -0.25) is 4.68 Å². The first-order valence-corrected chi connectivity index (χ1v) is 8.75. The van der Waals surface area contributed by atoms with Crippen LogP contribution in [0.15, 0.2) is 41.2 Å². The third-order valence-electron chi connectivity index (χ3n) is 4.20. The zero-order valence-electron chi connectivity index (χ0n) is 15.3. The van der Waals surface area contributed by atoms with Crippen molar-refractivity contribution in [2.45, 2.75) is 33.2 Å². The van der Waals surface area contributed by atoms with E-state index in [-0.39, 0.29) is 11.8 Å². The highest BCUT2D eigenvalue weighted by atomic mass is 19.1. The number of benzene rings is 1. The lowest BCUT2D eigenvalue weighted by Gasteiger charge is -2.06. The van der Waals surface area contributed by atoms with Crippen molar-refractivity contribution in [3.63, 3.8) is 0 Å². The number of nitrogens with zero attached hydrogens (tertiary/aromatic N) is 3. The first-order valence-electron chi connectivity index (χ1n) is 8.75. The van der Waals surface area contributed by atoms with Gasteiger partial charge in [-0.05, 0) is 44.4 Å². The molecule has 0 radical (unpaired) electrons. The first-order chi connectivity index (χ1) is 13.0. The average Bonchev–Trinajstić information content (AvgIpc) is 3.19. The molecule has 0 aliphatic carbocycles. The van der Waals surface area contributed by atoms with Gasteiger partial charge >= 0.3 is 6.03 Å². The van der Waals surface area contributed by atoms with Gasteiger partial charge in [-0.1, -0.05) is 17.3 Å². The maximum absolute atomic E-state index is 13.2. The van der Waals surface area contributed by atoms with Gasteiger partial charge in [-0.2, -0.15) is 5.10 Å². The fourth-order valence-corrected chi connectivity index (χ4v) is 2.84. The quantitative estimate of drug-likeness (QED) is 0.623. The highest BCUT2D eigenvalue weighted by molar-refractivity contribution is 5.88. The number of anilines is 1. The van der Waals surface area contributed by atoms with E-state index >= 15 is 0 Å². The van der Waals surface area contributed by atoms with E-state index in [1.165, 1.54) is 12.1 Å². The first kappa shape index (κ1) is 18.6. The monoisotopic (exact) mass is 371 g/mol. The average molecular weight is 371 g/mol. The zero-order valence-corrected chi connectivity index (χ0v) is 15.3. The molecule has 3 rings (SSSR count). The Morgan fingerprint density at radius 1 is 1.33 bits per heavy atom. The molecule has 1 aromatic carbocycles. The topological polar surface area (TPSA) is 85.0 Å². The molecule has 3 aromatic rings. The maximum Gasteiger partial charge on any atom is 0.319 e. The third kappa shape index (κ3) is 5.16.